The number of Topliss-reactive ketones (excluding diaryl/α,β-unsaturated/α-hetero) is 1. The van der Waals surface area contributed by atoms with Crippen LogP contribution < -0.4 is 4.74 Å². The average Bonchev–Trinajstić information content (AvgIpc) is 2.50. The van der Waals surface area contributed by atoms with Crippen LogP contribution in [-0.2, 0) is 11.0 Å². The number of halogens is 6. The van der Waals surface area contributed by atoms with Crippen LogP contribution in [0.5, 0.6) is 5.75 Å². The number of aliphatic hydroxyl groups excluding tert-OH is 1. The SMILES string of the molecule is CC(C)(C)C(=O)C(C#N)=C(O)c1ccc(OCC(F)(F)F)cc1C(F)(F)F. The summed E-state index contributed by atoms with van der Waals surface area (Å²) in [6, 6.07) is 3.04. The number of benzene rings is 1. The molecule has 0 aliphatic rings. The van der Waals surface area contributed by atoms with E-state index in [1.54, 1.807) is 0 Å². The molecule has 0 radical (unpaired) electrons. The molecule has 0 atom stereocenters. The van der Waals surface area contributed by atoms with Crippen LogP contribution in [-0.4, -0.2) is 23.7 Å². The third kappa shape index (κ3) is 5.91. The Balaban J connectivity index is 3.53. The highest BCUT2D eigenvalue weighted by atomic mass is 19.4. The van der Waals surface area contributed by atoms with Crippen molar-refractivity contribution >= 4 is 11.5 Å². The molecule has 1 aromatic rings. The Kier molecular flexibility index (Phi) is 6.21. The van der Waals surface area contributed by atoms with Gasteiger partial charge in [0.2, 0.25) is 0 Å². The first kappa shape index (κ1) is 22.3. The molecule has 0 spiro atoms. The quantitative estimate of drug-likeness (QED) is 0.335. The summed E-state index contributed by atoms with van der Waals surface area (Å²) in [5.41, 5.74) is -4.52. The van der Waals surface area contributed by atoms with Gasteiger partial charge in [0.15, 0.2) is 12.4 Å². The summed E-state index contributed by atoms with van der Waals surface area (Å²) >= 11 is 0. The maximum Gasteiger partial charge on any atom is 0.422 e. The molecule has 0 unspecified atom stereocenters. The Hall–Kier alpha value is -2.70. The third-order valence-corrected chi connectivity index (χ3v) is 3.21. The van der Waals surface area contributed by atoms with Crippen molar-refractivity contribution in [1.29, 1.82) is 5.26 Å². The van der Waals surface area contributed by atoms with Crippen LogP contribution in [0.1, 0.15) is 31.9 Å². The molecule has 0 saturated carbocycles. The Labute approximate surface area is 150 Å². The van der Waals surface area contributed by atoms with E-state index in [1.165, 1.54) is 26.8 Å². The number of ether oxygens (including phenoxy) is 1. The molecule has 4 nitrogen and oxygen atoms in total. The Morgan fingerprint density at radius 2 is 1.70 bits per heavy atom. The second kappa shape index (κ2) is 7.50. The zero-order chi connectivity index (χ0) is 21.2. The number of rotatable bonds is 4. The molecule has 27 heavy (non-hydrogen) atoms. The standard InChI is InChI=1S/C17H15F6NO3/c1-15(2,3)14(26)11(7-24)13(25)10-5-4-9(27-8-16(18,19)20)6-12(10)17(21,22)23/h4-6,25H,8H2,1-3H3. The van der Waals surface area contributed by atoms with Gasteiger partial charge in [0.05, 0.1) is 5.56 Å². The Morgan fingerprint density at radius 3 is 2.11 bits per heavy atom. The number of nitriles is 1. The highest BCUT2D eigenvalue weighted by Gasteiger charge is 2.37. The van der Waals surface area contributed by atoms with Gasteiger partial charge in [0.25, 0.3) is 0 Å². The number of carbonyl (C=O) groups excluding carboxylic acids is 1. The zero-order valence-corrected chi connectivity index (χ0v) is 14.4. The van der Waals surface area contributed by atoms with Crippen molar-refractivity contribution in [2.24, 2.45) is 5.41 Å². The first-order valence-electron chi connectivity index (χ1n) is 7.37. The predicted octanol–water partition coefficient (Wildman–Crippen LogP) is 5.05. The number of allylic oxidation sites excluding steroid dienone is 1. The Bertz CT molecular complexity index is 795. The molecule has 0 heterocycles. The monoisotopic (exact) mass is 395 g/mol. The average molecular weight is 395 g/mol. The fourth-order valence-electron chi connectivity index (χ4n) is 1.94. The lowest BCUT2D eigenvalue weighted by molar-refractivity contribution is -0.153. The van der Waals surface area contributed by atoms with Gasteiger partial charge in [0.1, 0.15) is 23.2 Å². The molecule has 10 heteroatoms. The number of aliphatic hydroxyl groups is 1. The van der Waals surface area contributed by atoms with Gasteiger partial charge >= 0.3 is 12.4 Å². The van der Waals surface area contributed by atoms with Gasteiger partial charge in [-0.1, -0.05) is 20.8 Å². The number of hydrogen-bond acceptors (Lipinski definition) is 4. The topological polar surface area (TPSA) is 70.3 Å². The van der Waals surface area contributed by atoms with E-state index in [1.807, 2.05) is 0 Å². The minimum atomic E-state index is -5.09. The molecule has 1 rings (SSSR count). The maximum absolute atomic E-state index is 13.3. The van der Waals surface area contributed by atoms with Gasteiger partial charge in [-0.3, -0.25) is 4.79 Å². The number of hydrogen-bond donors (Lipinski definition) is 1. The highest BCUT2D eigenvalue weighted by Crippen LogP contribution is 2.38. The summed E-state index contributed by atoms with van der Waals surface area (Å²) in [4.78, 5) is 12.2. The molecule has 1 aromatic carbocycles. The molecule has 0 amide bonds. The summed E-state index contributed by atoms with van der Waals surface area (Å²) < 4.78 is 80.6. The third-order valence-electron chi connectivity index (χ3n) is 3.21. The summed E-state index contributed by atoms with van der Waals surface area (Å²) in [7, 11) is 0. The van der Waals surface area contributed by atoms with E-state index in [-0.39, 0.29) is 6.07 Å². The summed E-state index contributed by atoms with van der Waals surface area (Å²) in [5.74, 6) is -2.85. The predicted molar refractivity (Wildman–Crippen MR) is 82.6 cm³/mol. The van der Waals surface area contributed by atoms with Crippen LogP contribution in [0.3, 0.4) is 0 Å². The lowest BCUT2D eigenvalue weighted by Crippen LogP contribution is -2.23. The van der Waals surface area contributed by atoms with Crippen LogP contribution in [0.15, 0.2) is 23.8 Å². The van der Waals surface area contributed by atoms with Crippen molar-refractivity contribution in [3.05, 3.63) is 34.9 Å². The first-order valence-corrected chi connectivity index (χ1v) is 7.37. The van der Waals surface area contributed by atoms with Gasteiger partial charge in [-0.25, -0.2) is 0 Å². The van der Waals surface area contributed by atoms with E-state index < -0.39 is 58.4 Å². The fraction of sp³-hybridized carbons (Fsp3) is 0.412. The van der Waals surface area contributed by atoms with Crippen molar-refractivity contribution in [2.75, 3.05) is 6.61 Å². The minimum absolute atomic E-state index is 0.258. The van der Waals surface area contributed by atoms with Crippen molar-refractivity contribution in [3.63, 3.8) is 0 Å². The Morgan fingerprint density at radius 1 is 1.15 bits per heavy atom. The minimum Gasteiger partial charge on any atom is -0.506 e. The van der Waals surface area contributed by atoms with Crippen molar-refractivity contribution in [1.82, 2.24) is 0 Å². The lowest BCUT2D eigenvalue weighted by Gasteiger charge is -2.18. The molecular weight excluding hydrogens is 380 g/mol. The molecule has 1 N–H and O–H groups in total. The van der Waals surface area contributed by atoms with E-state index in [0.717, 1.165) is 6.07 Å². The number of nitrogens with zero attached hydrogens (tertiary/aromatic N) is 1. The van der Waals surface area contributed by atoms with E-state index >= 15 is 0 Å². The second-order valence-electron chi connectivity index (χ2n) is 6.52. The van der Waals surface area contributed by atoms with E-state index in [0.29, 0.717) is 6.07 Å². The second-order valence-corrected chi connectivity index (χ2v) is 6.52. The van der Waals surface area contributed by atoms with Crippen LogP contribution >= 0.6 is 0 Å². The molecule has 0 saturated heterocycles. The molecule has 0 aliphatic heterocycles. The molecule has 0 fully saturated rings. The molecule has 148 valence electrons. The van der Waals surface area contributed by atoms with Crippen LogP contribution in [0.25, 0.3) is 5.76 Å². The first-order chi connectivity index (χ1) is 12.1. The van der Waals surface area contributed by atoms with Gasteiger partial charge in [-0.15, -0.1) is 0 Å². The van der Waals surface area contributed by atoms with E-state index in [4.69, 9.17) is 5.26 Å². The van der Waals surface area contributed by atoms with Crippen LogP contribution in [0, 0.1) is 16.7 Å². The largest absolute Gasteiger partial charge is 0.506 e. The summed E-state index contributed by atoms with van der Waals surface area (Å²) in [6.45, 7) is 2.40. The lowest BCUT2D eigenvalue weighted by atomic mass is 9.85. The fourth-order valence-corrected chi connectivity index (χ4v) is 1.94. The number of alkyl halides is 6. The van der Waals surface area contributed by atoms with Crippen LogP contribution in [0.2, 0.25) is 0 Å². The molecule has 0 bridgehead atoms. The van der Waals surface area contributed by atoms with E-state index in [9.17, 15) is 36.2 Å². The van der Waals surface area contributed by atoms with Crippen LogP contribution in [0.4, 0.5) is 26.3 Å². The van der Waals surface area contributed by atoms with Gasteiger partial charge in [0, 0.05) is 11.0 Å². The summed E-state index contributed by atoms with van der Waals surface area (Å²) in [6.07, 6.45) is -9.85. The van der Waals surface area contributed by atoms with E-state index in [2.05, 4.69) is 4.74 Å². The normalized spacial score (nSPS) is 13.6. The zero-order valence-electron chi connectivity index (χ0n) is 14.4. The maximum atomic E-state index is 13.3. The number of carbonyl (C=O) groups is 1. The van der Waals surface area contributed by atoms with Crippen molar-refractivity contribution in [2.45, 2.75) is 33.1 Å². The van der Waals surface area contributed by atoms with Crippen molar-refractivity contribution in [3.8, 4) is 11.8 Å². The molecule has 0 aliphatic carbocycles. The smallest absolute Gasteiger partial charge is 0.422 e. The van der Waals surface area contributed by atoms with Gasteiger partial charge < -0.3 is 9.84 Å². The molecule has 0 aromatic heterocycles. The van der Waals surface area contributed by atoms with Crippen molar-refractivity contribution < 1.29 is 41.0 Å². The van der Waals surface area contributed by atoms with Gasteiger partial charge in [-0.05, 0) is 18.2 Å². The van der Waals surface area contributed by atoms with Gasteiger partial charge in [-0.2, -0.15) is 31.6 Å². The molecular formula is C17H15F6NO3. The number of ketones is 1. The summed E-state index contributed by atoms with van der Waals surface area (Å²) in [5, 5.41) is 19.2. The highest BCUT2D eigenvalue weighted by molar-refractivity contribution is 6.07.